The molecule has 0 atom stereocenters. The molecule has 0 aliphatic heterocycles. The largest absolute Gasteiger partial charge is 0.436 e. The summed E-state index contributed by atoms with van der Waals surface area (Å²) in [6, 6.07) is 24.4. The maximum Gasteiger partial charge on any atom is 0.232 e. The molecule has 146 valence electrons. The summed E-state index contributed by atoms with van der Waals surface area (Å²) in [4.78, 5) is 8.34. The Kier molecular flexibility index (Phi) is 5.22. The Bertz CT molecular complexity index is 1220. The number of nitrogen functional groups attached to an aromatic ring is 1. The van der Waals surface area contributed by atoms with Gasteiger partial charge in [0.2, 0.25) is 11.8 Å². The first-order chi connectivity index (χ1) is 14.6. The molecule has 30 heavy (non-hydrogen) atoms. The number of rotatable bonds is 5. The third kappa shape index (κ3) is 4.34. The van der Waals surface area contributed by atoms with E-state index in [2.05, 4.69) is 15.3 Å². The van der Waals surface area contributed by atoms with Crippen LogP contribution in [0.1, 0.15) is 5.56 Å². The topological polar surface area (TPSA) is 96.9 Å². The fraction of sp³-hybridized carbons (Fsp3) is 0. The summed E-state index contributed by atoms with van der Waals surface area (Å²) in [7, 11) is 0. The molecule has 0 saturated heterocycles. The highest BCUT2D eigenvalue weighted by atomic mass is 19.1. The number of ether oxygens (including phenoxy) is 1. The number of nitrogens with two attached hydrogens (primary N) is 1. The van der Waals surface area contributed by atoms with Gasteiger partial charge in [-0.15, -0.1) is 0 Å². The third-order valence-electron chi connectivity index (χ3n) is 4.25. The van der Waals surface area contributed by atoms with Crippen molar-refractivity contribution in [1.29, 1.82) is 5.26 Å². The van der Waals surface area contributed by atoms with Crippen LogP contribution < -0.4 is 15.8 Å². The zero-order valence-corrected chi connectivity index (χ0v) is 15.7. The first-order valence-electron chi connectivity index (χ1n) is 9.05. The lowest BCUT2D eigenvalue weighted by Gasteiger charge is -2.10. The van der Waals surface area contributed by atoms with Crippen molar-refractivity contribution in [2.75, 3.05) is 11.1 Å². The van der Waals surface area contributed by atoms with Crippen molar-refractivity contribution in [3.05, 3.63) is 90.2 Å². The molecule has 1 aromatic heterocycles. The molecule has 1 heterocycles. The van der Waals surface area contributed by atoms with Crippen LogP contribution >= 0.6 is 0 Å². The van der Waals surface area contributed by atoms with Crippen molar-refractivity contribution in [2.45, 2.75) is 0 Å². The quantitative estimate of drug-likeness (QED) is 0.476. The lowest BCUT2D eigenvalue weighted by Crippen LogP contribution is -2.02. The molecule has 6 nitrogen and oxygen atoms in total. The van der Waals surface area contributed by atoms with E-state index in [9.17, 15) is 4.39 Å². The van der Waals surface area contributed by atoms with E-state index < -0.39 is 5.82 Å². The minimum Gasteiger partial charge on any atom is -0.436 e. The number of hydrogen-bond acceptors (Lipinski definition) is 6. The molecular weight excluding hydrogens is 381 g/mol. The Balaban J connectivity index is 1.55. The number of nitrogens with zero attached hydrogens (tertiary/aromatic N) is 3. The van der Waals surface area contributed by atoms with Crippen LogP contribution in [0.5, 0.6) is 11.6 Å². The van der Waals surface area contributed by atoms with E-state index in [0.717, 1.165) is 11.1 Å². The van der Waals surface area contributed by atoms with Crippen molar-refractivity contribution >= 4 is 17.5 Å². The second-order valence-corrected chi connectivity index (χ2v) is 6.38. The first-order valence-corrected chi connectivity index (χ1v) is 9.05. The predicted molar refractivity (Wildman–Crippen MR) is 113 cm³/mol. The van der Waals surface area contributed by atoms with Gasteiger partial charge in [0.25, 0.3) is 0 Å². The monoisotopic (exact) mass is 397 g/mol. The van der Waals surface area contributed by atoms with Crippen molar-refractivity contribution in [3.63, 3.8) is 0 Å². The van der Waals surface area contributed by atoms with E-state index in [1.807, 2.05) is 36.4 Å². The van der Waals surface area contributed by atoms with Gasteiger partial charge in [0, 0.05) is 11.8 Å². The van der Waals surface area contributed by atoms with Gasteiger partial charge in [-0.2, -0.15) is 15.2 Å². The number of nitriles is 1. The van der Waals surface area contributed by atoms with Gasteiger partial charge in [-0.3, -0.25) is 0 Å². The van der Waals surface area contributed by atoms with E-state index >= 15 is 0 Å². The van der Waals surface area contributed by atoms with Crippen molar-refractivity contribution < 1.29 is 9.13 Å². The second kappa shape index (κ2) is 8.29. The summed E-state index contributed by atoms with van der Waals surface area (Å²) in [5.74, 6) is -0.0364. The van der Waals surface area contributed by atoms with E-state index in [-0.39, 0.29) is 23.4 Å². The molecule has 0 unspecified atom stereocenters. The first kappa shape index (κ1) is 18.9. The van der Waals surface area contributed by atoms with Crippen molar-refractivity contribution in [3.8, 4) is 28.8 Å². The zero-order valence-electron chi connectivity index (χ0n) is 15.7. The second-order valence-electron chi connectivity index (χ2n) is 6.38. The van der Waals surface area contributed by atoms with E-state index in [0.29, 0.717) is 11.3 Å². The fourth-order valence-corrected chi connectivity index (χ4v) is 2.81. The number of hydrogen-bond donors (Lipinski definition) is 2. The van der Waals surface area contributed by atoms with Crippen LogP contribution in [-0.4, -0.2) is 9.97 Å². The Morgan fingerprint density at radius 3 is 2.37 bits per heavy atom. The molecule has 3 aromatic carbocycles. The van der Waals surface area contributed by atoms with Gasteiger partial charge in [0.1, 0.15) is 5.82 Å². The number of anilines is 3. The van der Waals surface area contributed by atoms with Gasteiger partial charge in [-0.05, 0) is 47.5 Å². The maximum absolute atomic E-state index is 14.6. The summed E-state index contributed by atoms with van der Waals surface area (Å²) in [5, 5.41) is 11.9. The Morgan fingerprint density at radius 2 is 1.67 bits per heavy atom. The van der Waals surface area contributed by atoms with Crippen LogP contribution in [0.2, 0.25) is 0 Å². The van der Waals surface area contributed by atoms with Crippen molar-refractivity contribution in [1.82, 2.24) is 9.97 Å². The maximum atomic E-state index is 14.6. The summed E-state index contributed by atoms with van der Waals surface area (Å²) in [6.45, 7) is 0. The molecule has 0 radical (unpaired) electrons. The number of nitrogens with one attached hydrogen (secondary N) is 1. The van der Waals surface area contributed by atoms with Gasteiger partial charge in [0.05, 0.1) is 11.6 Å². The minimum absolute atomic E-state index is 0.0251. The highest BCUT2D eigenvalue weighted by Gasteiger charge is 2.11. The molecule has 0 amide bonds. The van der Waals surface area contributed by atoms with Crippen LogP contribution in [0.3, 0.4) is 0 Å². The third-order valence-corrected chi connectivity index (χ3v) is 4.25. The molecule has 0 bridgehead atoms. The van der Waals surface area contributed by atoms with Gasteiger partial charge < -0.3 is 15.8 Å². The Hall–Kier alpha value is -4.44. The van der Waals surface area contributed by atoms with Gasteiger partial charge in [-0.25, -0.2) is 4.39 Å². The number of halogens is 1. The van der Waals surface area contributed by atoms with E-state index in [1.165, 1.54) is 12.1 Å². The lowest BCUT2D eigenvalue weighted by atomic mass is 10.1. The summed E-state index contributed by atoms with van der Waals surface area (Å²) < 4.78 is 20.2. The predicted octanol–water partition coefficient (Wildman–Crippen LogP) is 5.27. The molecule has 0 saturated carbocycles. The molecule has 0 aliphatic rings. The van der Waals surface area contributed by atoms with Crippen LogP contribution in [-0.2, 0) is 0 Å². The molecule has 4 rings (SSSR count). The minimum atomic E-state index is -0.518. The molecule has 7 heteroatoms. The van der Waals surface area contributed by atoms with E-state index in [4.69, 9.17) is 15.7 Å². The summed E-state index contributed by atoms with van der Waals surface area (Å²) in [5.41, 5.74) is 8.69. The van der Waals surface area contributed by atoms with Crippen LogP contribution in [0.25, 0.3) is 11.1 Å². The highest BCUT2D eigenvalue weighted by molar-refractivity contribution is 5.64. The average molecular weight is 397 g/mol. The molecule has 0 fully saturated rings. The summed E-state index contributed by atoms with van der Waals surface area (Å²) >= 11 is 0. The normalized spacial score (nSPS) is 10.3. The standard InChI is InChI=1S/C23H16FN5O/c24-19-12-17(16-4-2-1-3-5-16)8-11-20(19)30-22-13-21(26)28-23(29-22)27-18-9-6-15(14-25)7-10-18/h1-13H,(H3,26,27,28,29). The molecule has 3 N–H and O–H groups in total. The molecule has 4 aromatic rings. The van der Waals surface area contributed by atoms with E-state index in [1.54, 1.807) is 36.4 Å². The smallest absolute Gasteiger partial charge is 0.232 e. The molecular formula is C23H16FN5O. The average Bonchev–Trinajstić information content (AvgIpc) is 2.76. The number of benzene rings is 3. The van der Waals surface area contributed by atoms with Gasteiger partial charge in [0.15, 0.2) is 11.6 Å². The molecule has 0 aliphatic carbocycles. The van der Waals surface area contributed by atoms with Crippen LogP contribution in [0.15, 0.2) is 78.9 Å². The van der Waals surface area contributed by atoms with Crippen LogP contribution in [0.4, 0.5) is 21.8 Å². The highest BCUT2D eigenvalue weighted by Crippen LogP contribution is 2.29. The number of aromatic nitrogens is 2. The van der Waals surface area contributed by atoms with Gasteiger partial charge >= 0.3 is 0 Å². The summed E-state index contributed by atoms with van der Waals surface area (Å²) in [6.07, 6.45) is 0. The zero-order chi connectivity index (χ0) is 20.9. The fourth-order valence-electron chi connectivity index (χ4n) is 2.81. The lowest BCUT2D eigenvalue weighted by molar-refractivity contribution is 0.428. The Morgan fingerprint density at radius 1 is 0.900 bits per heavy atom. The van der Waals surface area contributed by atoms with Gasteiger partial charge in [-0.1, -0.05) is 36.4 Å². The molecule has 0 spiro atoms. The Labute approximate surface area is 172 Å². The van der Waals surface area contributed by atoms with Crippen LogP contribution in [0, 0.1) is 17.1 Å². The SMILES string of the molecule is N#Cc1ccc(Nc2nc(N)cc(Oc3ccc(-c4ccccc4)cc3F)n2)cc1. The van der Waals surface area contributed by atoms with Crippen molar-refractivity contribution in [2.24, 2.45) is 0 Å².